The van der Waals surface area contributed by atoms with E-state index in [4.69, 9.17) is 19.3 Å². The van der Waals surface area contributed by atoms with Gasteiger partial charge in [0.1, 0.15) is 18.8 Å². The largest absolute Gasteiger partial charge is 0.480 e. The Kier molecular flexibility index (Phi) is 8.04. The van der Waals surface area contributed by atoms with Gasteiger partial charge in [0.05, 0.1) is 19.6 Å². The zero-order chi connectivity index (χ0) is 19.8. The molecular weight excluding hydrogens is 344 g/mol. The molecule has 0 bridgehead atoms. The molecule has 1 aliphatic heterocycles. The topological polar surface area (TPSA) is 114 Å². The Morgan fingerprint density at radius 2 is 2.00 bits per heavy atom. The second-order valence-electron chi connectivity index (χ2n) is 6.89. The molecule has 2 N–H and O–H groups in total. The van der Waals surface area contributed by atoms with E-state index in [1.54, 1.807) is 12.0 Å². The molecule has 0 spiro atoms. The number of nitrogens with one attached hydrogen (secondary N) is 1. The molecule has 9 heteroatoms. The fourth-order valence-corrected chi connectivity index (χ4v) is 2.57. The second-order valence-corrected chi connectivity index (χ2v) is 6.89. The van der Waals surface area contributed by atoms with Gasteiger partial charge in [0.15, 0.2) is 0 Å². The standard InChI is InChI=1S/C17H28N2O7/c1-5-7-25-15(23)18-10-17(26-9-13(20)21)11-19(12-17)14(22)16(2,3)6-8-24-4/h5H,1,6-12H2,2-4H3,(H,18,23)(H,20,21). The Morgan fingerprint density at radius 3 is 2.54 bits per heavy atom. The summed E-state index contributed by atoms with van der Waals surface area (Å²) in [6.45, 7) is 7.54. The van der Waals surface area contributed by atoms with Crippen molar-refractivity contribution in [3.8, 4) is 0 Å². The Bertz CT molecular complexity index is 527. The third kappa shape index (κ3) is 6.30. The number of likely N-dealkylation sites (tertiary alicyclic amines) is 1. The van der Waals surface area contributed by atoms with E-state index in [9.17, 15) is 14.4 Å². The molecule has 9 nitrogen and oxygen atoms in total. The number of carbonyl (C=O) groups excluding carboxylic acids is 2. The third-order valence-corrected chi connectivity index (χ3v) is 4.14. The first-order valence-corrected chi connectivity index (χ1v) is 8.31. The molecule has 1 heterocycles. The fourth-order valence-electron chi connectivity index (χ4n) is 2.57. The van der Waals surface area contributed by atoms with Gasteiger partial charge in [0.2, 0.25) is 5.91 Å². The molecule has 0 radical (unpaired) electrons. The molecule has 0 aliphatic carbocycles. The molecule has 1 fully saturated rings. The first-order chi connectivity index (χ1) is 12.2. The van der Waals surface area contributed by atoms with E-state index in [-0.39, 0.29) is 32.1 Å². The number of carboxylic acid groups (broad SMARTS) is 1. The zero-order valence-electron chi connectivity index (χ0n) is 15.6. The number of aliphatic carboxylic acids is 1. The van der Waals surface area contributed by atoms with E-state index in [0.717, 1.165) is 0 Å². The van der Waals surface area contributed by atoms with Crippen molar-refractivity contribution in [2.24, 2.45) is 5.41 Å². The van der Waals surface area contributed by atoms with Crippen LogP contribution in [0.4, 0.5) is 4.79 Å². The van der Waals surface area contributed by atoms with Crippen LogP contribution in [0.5, 0.6) is 0 Å². The average Bonchev–Trinajstić information content (AvgIpc) is 2.56. The molecule has 2 amide bonds. The lowest BCUT2D eigenvalue weighted by Crippen LogP contribution is -2.70. The lowest BCUT2D eigenvalue weighted by molar-refractivity contribution is -0.181. The van der Waals surface area contributed by atoms with Gasteiger partial charge in [0.25, 0.3) is 0 Å². The van der Waals surface area contributed by atoms with Crippen molar-refractivity contribution in [1.29, 1.82) is 0 Å². The molecule has 0 aromatic rings. The smallest absolute Gasteiger partial charge is 0.407 e. The lowest BCUT2D eigenvalue weighted by Gasteiger charge is -2.51. The van der Waals surface area contributed by atoms with Crippen LogP contribution in [-0.4, -0.2) is 80.1 Å². The minimum absolute atomic E-state index is 0.0402. The Labute approximate surface area is 153 Å². The van der Waals surface area contributed by atoms with Gasteiger partial charge >= 0.3 is 12.1 Å². The van der Waals surface area contributed by atoms with Crippen molar-refractivity contribution in [3.63, 3.8) is 0 Å². The summed E-state index contributed by atoms with van der Waals surface area (Å²) in [5, 5.41) is 11.4. The number of alkyl carbamates (subject to hydrolysis) is 1. The summed E-state index contributed by atoms with van der Waals surface area (Å²) in [5.74, 6) is -1.19. The first-order valence-electron chi connectivity index (χ1n) is 8.31. The second kappa shape index (κ2) is 9.54. The van der Waals surface area contributed by atoms with Crippen molar-refractivity contribution in [3.05, 3.63) is 12.7 Å². The molecule has 0 aromatic heterocycles. The number of amides is 2. The molecule has 0 unspecified atom stereocenters. The van der Waals surface area contributed by atoms with Crippen molar-refractivity contribution < 1.29 is 33.7 Å². The molecule has 1 saturated heterocycles. The summed E-state index contributed by atoms with van der Waals surface area (Å²) < 4.78 is 15.3. The van der Waals surface area contributed by atoms with Crippen LogP contribution < -0.4 is 5.32 Å². The molecule has 1 rings (SSSR count). The van der Waals surface area contributed by atoms with Gasteiger partial charge < -0.3 is 29.5 Å². The van der Waals surface area contributed by atoms with Crippen molar-refractivity contribution in [2.45, 2.75) is 25.9 Å². The number of rotatable bonds is 11. The predicted molar refractivity (Wildman–Crippen MR) is 92.7 cm³/mol. The van der Waals surface area contributed by atoms with Crippen LogP contribution >= 0.6 is 0 Å². The van der Waals surface area contributed by atoms with E-state index >= 15 is 0 Å². The van der Waals surface area contributed by atoms with Crippen LogP contribution in [0.1, 0.15) is 20.3 Å². The van der Waals surface area contributed by atoms with E-state index in [1.165, 1.54) is 6.08 Å². The van der Waals surface area contributed by atoms with Gasteiger partial charge in [-0.15, -0.1) is 0 Å². The highest BCUT2D eigenvalue weighted by Crippen LogP contribution is 2.32. The summed E-state index contributed by atoms with van der Waals surface area (Å²) in [5.41, 5.74) is -1.55. The first kappa shape index (κ1) is 21.9. The van der Waals surface area contributed by atoms with Crippen molar-refractivity contribution in [1.82, 2.24) is 10.2 Å². The maximum absolute atomic E-state index is 12.6. The van der Waals surface area contributed by atoms with Gasteiger partial charge in [-0.1, -0.05) is 26.5 Å². The van der Waals surface area contributed by atoms with Gasteiger partial charge in [-0.2, -0.15) is 0 Å². The normalized spacial score (nSPS) is 15.7. The molecular formula is C17H28N2O7. The van der Waals surface area contributed by atoms with E-state index in [0.29, 0.717) is 13.0 Å². The van der Waals surface area contributed by atoms with Gasteiger partial charge in [-0.3, -0.25) is 4.79 Å². The number of carboxylic acids is 1. The SMILES string of the molecule is C=CCOC(=O)NCC1(OCC(=O)O)CN(C(=O)C(C)(C)CCOC)C1. The number of ether oxygens (including phenoxy) is 3. The Hall–Kier alpha value is -2.13. The molecule has 0 atom stereocenters. The fraction of sp³-hybridized carbons (Fsp3) is 0.706. The molecule has 0 aromatic carbocycles. The Morgan fingerprint density at radius 1 is 1.35 bits per heavy atom. The Balaban J connectivity index is 2.65. The minimum Gasteiger partial charge on any atom is -0.480 e. The molecule has 0 saturated carbocycles. The number of methoxy groups -OCH3 is 1. The van der Waals surface area contributed by atoms with Gasteiger partial charge in [-0.25, -0.2) is 9.59 Å². The highest BCUT2D eigenvalue weighted by molar-refractivity contribution is 5.83. The number of nitrogens with zero attached hydrogens (tertiary/aromatic N) is 1. The van der Waals surface area contributed by atoms with Crippen LogP contribution in [0.3, 0.4) is 0 Å². The van der Waals surface area contributed by atoms with E-state index in [2.05, 4.69) is 11.9 Å². The van der Waals surface area contributed by atoms with Crippen LogP contribution in [0, 0.1) is 5.41 Å². The number of hydrogen-bond donors (Lipinski definition) is 2. The van der Waals surface area contributed by atoms with Crippen LogP contribution in [0.2, 0.25) is 0 Å². The van der Waals surface area contributed by atoms with Gasteiger partial charge in [-0.05, 0) is 6.42 Å². The molecule has 1 aliphatic rings. The van der Waals surface area contributed by atoms with Crippen LogP contribution in [-0.2, 0) is 23.8 Å². The molecule has 148 valence electrons. The zero-order valence-corrected chi connectivity index (χ0v) is 15.6. The average molecular weight is 372 g/mol. The number of carbonyl (C=O) groups is 3. The predicted octanol–water partition coefficient (Wildman–Crippen LogP) is 0.644. The minimum atomic E-state index is -1.12. The highest BCUT2D eigenvalue weighted by atomic mass is 16.6. The summed E-state index contributed by atoms with van der Waals surface area (Å²) in [6, 6.07) is 0. The highest BCUT2D eigenvalue weighted by Gasteiger charge is 2.49. The van der Waals surface area contributed by atoms with Crippen molar-refractivity contribution >= 4 is 18.0 Å². The summed E-state index contributed by atoms with van der Waals surface area (Å²) >= 11 is 0. The lowest BCUT2D eigenvalue weighted by atomic mass is 9.84. The summed E-state index contributed by atoms with van der Waals surface area (Å²) in [7, 11) is 1.58. The third-order valence-electron chi connectivity index (χ3n) is 4.14. The maximum Gasteiger partial charge on any atom is 0.407 e. The van der Waals surface area contributed by atoms with Gasteiger partial charge in [0, 0.05) is 19.1 Å². The summed E-state index contributed by atoms with van der Waals surface area (Å²) in [4.78, 5) is 36.6. The van der Waals surface area contributed by atoms with Crippen molar-refractivity contribution in [2.75, 3.05) is 46.6 Å². The van der Waals surface area contributed by atoms with Crippen LogP contribution in [0.15, 0.2) is 12.7 Å². The maximum atomic E-state index is 12.6. The number of hydrogen-bond acceptors (Lipinski definition) is 6. The van der Waals surface area contributed by atoms with Crippen LogP contribution in [0.25, 0.3) is 0 Å². The quantitative estimate of drug-likeness (QED) is 0.512. The van der Waals surface area contributed by atoms with E-state index < -0.39 is 29.7 Å². The van der Waals surface area contributed by atoms with E-state index in [1.807, 2.05) is 13.8 Å². The monoisotopic (exact) mass is 372 g/mol. The summed E-state index contributed by atoms with van der Waals surface area (Å²) in [6.07, 6.45) is 1.34. The molecule has 26 heavy (non-hydrogen) atoms.